The standard InChI is InChI=1S/C7H11NO3/c1-7(2)3(5(8)9)4(7)6(10)11/h3-4H,1-2H3,(H2,8,9)(H,10,11). The molecule has 0 aromatic heterocycles. The van der Waals surface area contributed by atoms with Crippen molar-refractivity contribution in [3.63, 3.8) is 0 Å². The maximum Gasteiger partial charge on any atom is 0.307 e. The van der Waals surface area contributed by atoms with E-state index in [0.717, 1.165) is 0 Å². The summed E-state index contributed by atoms with van der Waals surface area (Å²) < 4.78 is 0. The van der Waals surface area contributed by atoms with E-state index in [0.29, 0.717) is 0 Å². The number of carbonyl (C=O) groups is 2. The first kappa shape index (κ1) is 8.04. The van der Waals surface area contributed by atoms with Gasteiger partial charge in [0.25, 0.3) is 0 Å². The van der Waals surface area contributed by atoms with Gasteiger partial charge in [-0.05, 0) is 5.41 Å². The van der Waals surface area contributed by atoms with E-state index in [1.54, 1.807) is 13.8 Å². The summed E-state index contributed by atoms with van der Waals surface area (Å²) in [5.41, 5.74) is 4.55. The Labute approximate surface area is 64.4 Å². The van der Waals surface area contributed by atoms with Crippen LogP contribution >= 0.6 is 0 Å². The van der Waals surface area contributed by atoms with Crippen LogP contribution in [0.2, 0.25) is 0 Å². The predicted molar refractivity (Wildman–Crippen MR) is 37.6 cm³/mol. The van der Waals surface area contributed by atoms with Gasteiger partial charge in [-0.25, -0.2) is 0 Å². The molecule has 4 heteroatoms. The number of carbonyl (C=O) groups excluding carboxylic acids is 1. The molecule has 1 aliphatic rings. The fourth-order valence-electron chi connectivity index (χ4n) is 1.63. The van der Waals surface area contributed by atoms with E-state index >= 15 is 0 Å². The highest BCUT2D eigenvalue weighted by molar-refractivity contribution is 5.90. The zero-order chi connectivity index (χ0) is 8.81. The summed E-state index contributed by atoms with van der Waals surface area (Å²) in [6.07, 6.45) is 0. The molecule has 0 heterocycles. The predicted octanol–water partition coefficient (Wildman–Crippen LogP) is -0.172. The monoisotopic (exact) mass is 157 g/mol. The number of carboxylic acids is 1. The number of hydrogen-bond acceptors (Lipinski definition) is 2. The summed E-state index contributed by atoms with van der Waals surface area (Å²) in [6.45, 7) is 3.47. The van der Waals surface area contributed by atoms with Crippen LogP contribution in [0.4, 0.5) is 0 Å². The number of nitrogens with two attached hydrogens (primary N) is 1. The van der Waals surface area contributed by atoms with Crippen LogP contribution in [0.15, 0.2) is 0 Å². The average Bonchev–Trinajstić information content (AvgIpc) is 2.33. The number of carboxylic acid groups (broad SMARTS) is 1. The summed E-state index contributed by atoms with van der Waals surface area (Å²) in [4.78, 5) is 21.1. The normalized spacial score (nSPS) is 32.9. The van der Waals surface area contributed by atoms with Gasteiger partial charge in [0.2, 0.25) is 5.91 Å². The Hall–Kier alpha value is -1.06. The minimum Gasteiger partial charge on any atom is -0.481 e. The Morgan fingerprint density at radius 3 is 1.91 bits per heavy atom. The van der Waals surface area contributed by atoms with Crippen LogP contribution in [0.5, 0.6) is 0 Å². The van der Waals surface area contributed by atoms with Crippen molar-refractivity contribution >= 4 is 11.9 Å². The van der Waals surface area contributed by atoms with Crippen LogP contribution in [0.1, 0.15) is 13.8 Å². The molecule has 2 atom stereocenters. The van der Waals surface area contributed by atoms with E-state index in [9.17, 15) is 9.59 Å². The third kappa shape index (κ3) is 0.982. The van der Waals surface area contributed by atoms with Crippen LogP contribution in [-0.4, -0.2) is 17.0 Å². The molecule has 0 saturated heterocycles. The minimum atomic E-state index is -0.932. The summed E-state index contributed by atoms with van der Waals surface area (Å²) in [5.74, 6) is -2.51. The van der Waals surface area contributed by atoms with Crippen molar-refractivity contribution < 1.29 is 14.7 Å². The van der Waals surface area contributed by atoms with Gasteiger partial charge in [-0.2, -0.15) is 0 Å². The smallest absolute Gasteiger partial charge is 0.307 e. The van der Waals surface area contributed by atoms with Crippen LogP contribution in [0.25, 0.3) is 0 Å². The van der Waals surface area contributed by atoms with Crippen LogP contribution in [0.3, 0.4) is 0 Å². The first-order valence-corrected chi connectivity index (χ1v) is 3.41. The molecule has 0 aromatic rings. The Bertz CT molecular complexity index is 200. The minimum absolute atomic E-state index is 0.447. The molecule has 0 bridgehead atoms. The van der Waals surface area contributed by atoms with Gasteiger partial charge in [-0.3, -0.25) is 9.59 Å². The van der Waals surface area contributed by atoms with Gasteiger partial charge >= 0.3 is 5.97 Å². The highest BCUT2D eigenvalue weighted by atomic mass is 16.4. The molecule has 3 N–H and O–H groups in total. The lowest BCUT2D eigenvalue weighted by Gasteiger charge is -1.96. The molecule has 1 fully saturated rings. The maximum absolute atomic E-state index is 10.7. The SMILES string of the molecule is CC1(C)C(C(N)=O)C1C(=O)O. The van der Waals surface area contributed by atoms with Crippen molar-refractivity contribution in [3.8, 4) is 0 Å². The fraction of sp³-hybridized carbons (Fsp3) is 0.714. The Morgan fingerprint density at radius 2 is 1.82 bits per heavy atom. The lowest BCUT2D eigenvalue weighted by Crippen LogP contribution is -2.17. The number of amides is 1. The van der Waals surface area contributed by atoms with E-state index < -0.39 is 29.1 Å². The molecule has 1 rings (SSSR count). The van der Waals surface area contributed by atoms with E-state index in [2.05, 4.69) is 0 Å². The lowest BCUT2D eigenvalue weighted by atomic mass is 10.1. The molecule has 1 saturated carbocycles. The zero-order valence-corrected chi connectivity index (χ0v) is 6.50. The number of aliphatic carboxylic acids is 1. The van der Waals surface area contributed by atoms with Crippen molar-refractivity contribution in [1.82, 2.24) is 0 Å². The van der Waals surface area contributed by atoms with Gasteiger partial charge in [-0.1, -0.05) is 13.8 Å². The topological polar surface area (TPSA) is 80.4 Å². The molecular weight excluding hydrogens is 146 g/mol. The second-order valence-electron chi connectivity index (χ2n) is 3.52. The van der Waals surface area contributed by atoms with Crippen molar-refractivity contribution in [1.29, 1.82) is 0 Å². The molecule has 62 valence electrons. The molecule has 4 nitrogen and oxygen atoms in total. The molecule has 0 aliphatic heterocycles. The van der Waals surface area contributed by atoms with E-state index in [-0.39, 0.29) is 0 Å². The quantitative estimate of drug-likeness (QED) is 0.583. The first-order valence-electron chi connectivity index (χ1n) is 3.41. The van der Waals surface area contributed by atoms with Crippen LogP contribution in [0, 0.1) is 17.3 Å². The molecule has 1 aliphatic carbocycles. The highest BCUT2D eigenvalue weighted by Crippen LogP contribution is 2.57. The Balaban J connectivity index is 2.76. The van der Waals surface area contributed by atoms with Gasteiger partial charge in [0, 0.05) is 0 Å². The third-order valence-electron chi connectivity index (χ3n) is 2.40. The zero-order valence-electron chi connectivity index (χ0n) is 6.50. The van der Waals surface area contributed by atoms with Gasteiger partial charge in [0.1, 0.15) is 0 Å². The molecule has 0 radical (unpaired) electrons. The van der Waals surface area contributed by atoms with Gasteiger partial charge in [0.15, 0.2) is 0 Å². The van der Waals surface area contributed by atoms with E-state index in [4.69, 9.17) is 10.8 Å². The molecule has 0 spiro atoms. The second-order valence-corrected chi connectivity index (χ2v) is 3.52. The molecule has 0 aromatic carbocycles. The Kier molecular flexibility index (Phi) is 1.44. The van der Waals surface area contributed by atoms with Gasteiger partial charge in [-0.15, -0.1) is 0 Å². The lowest BCUT2D eigenvalue weighted by molar-refractivity contribution is -0.140. The van der Waals surface area contributed by atoms with Crippen molar-refractivity contribution in [2.24, 2.45) is 23.0 Å². The number of hydrogen-bond donors (Lipinski definition) is 2. The summed E-state index contributed by atoms with van der Waals surface area (Å²) >= 11 is 0. The molecule has 11 heavy (non-hydrogen) atoms. The molecular formula is C7H11NO3. The van der Waals surface area contributed by atoms with Crippen LogP contribution < -0.4 is 5.73 Å². The maximum atomic E-state index is 10.7. The van der Waals surface area contributed by atoms with E-state index in [1.807, 2.05) is 0 Å². The highest BCUT2D eigenvalue weighted by Gasteiger charge is 2.65. The fourth-order valence-corrected chi connectivity index (χ4v) is 1.63. The molecule has 2 unspecified atom stereocenters. The second kappa shape index (κ2) is 1.96. The number of primary amides is 1. The average molecular weight is 157 g/mol. The van der Waals surface area contributed by atoms with Crippen molar-refractivity contribution in [2.75, 3.05) is 0 Å². The van der Waals surface area contributed by atoms with Gasteiger partial charge < -0.3 is 10.8 Å². The largest absolute Gasteiger partial charge is 0.481 e. The van der Waals surface area contributed by atoms with Gasteiger partial charge in [0.05, 0.1) is 11.8 Å². The summed E-state index contributed by atoms with van der Waals surface area (Å²) in [7, 11) is 0. The first-order chi connectivity index (χ1) is 4.89. The third-order valence-corrected chi connectivity index (χ3v) is 2.40. The van der Waals surface area contributed by atoms with E-state index in [1.165, 1.54) is 0 Å². The summed E-state index contributed by atoms with van der Waals surface area (Å²) in [5, 5.41) is 8.60. The van der Waals surface area contributed by atoms with Crippen molar-refractivity contribution in [2.45, 2.75) is 13.8 Å². The summed E-state index contributed by atoms with van der Waals surface area (Å²) in [6, 6.07) is 0. The molecule has 1 amide bonds. The number of rotatable bonds is 2. The Morgan fingerprint density at radius 1 is 1.36 bits per heavy atom. The van der Waals surface area contributed by atoms with Crippen molar-refractivity contribution in [3.05, 3.63) is 0 Å². The van der Waals surface area contributed by atoms with Crippen LogP contribution in [-0.2, 0) is 9.59 Å².